The van der Waals surface area contributed by atoms with E-state index in [9.17, 15) is 23.6 Å². The van der Waals surface area contributed by atoms with Crippen LogP contribution in [-0.4, -0.2) is 53.1 Å². The van der Waals surface area contributed by atoms with E-state index >= 15 is 0 Å². The summed E-state index contributed by atoms with van der Waals surface area (Å²) in [7, 11) is 1.37. The maximum atomic E-state index is 12.9. The minimum absolute atomic E-state index is 0.130. The lowest BCUT2D eigenvalue weighted by atomic mass is 10.1. The summed E-state index contributed by atoms with van der Waals surface area (Å²) in [5.41, 5.74) is -0.204. The molecule has 2 amide bonds. The van der Waals surface area contributed by atoms with Gasteiger partial charge in [0.05, 0.1) is 11.9 Å². The van der Waals surface area contributed by atoms with E-state index in [0.29, 0.717) is 11.1 Å². The van der Waals surface area contributed by atoms with Gasteiger partial charge in [0.1, 0.15) is 5.82 Å². The Kier molecular flexibility index (Phi) is 6.16. The smallest absolute Gasteiger partial charge is 0.359 e. The first-order chi connectivity index (χ1) is 14.3. The van der Waals surface area contributed by atoms with E-state index in [1.54, 1.807) is 18.2 Å². The second-order valence-electron chi connectivity index (χ2n) is 6.33. The van der Waals surface area contributed by atoms with Crippen LogP contribution in [-0.2, 0) is 14.3 Å². The Labute approximate surface area is 169 Å². The zero-order valence-corrected chi connectivity index (χ0v) is 15.8. The molecule has 0 saturated carbocycles. The number of aromatic amines is 1. The molecule has 1 aromatic heterocycles. The lowest BCUT2D eigenvalue weighted by Gasteiger charge is -2.16. The number of likely N-dealkylation sites (N-methyl/N-ethyl adjacent to an activating group) is 1. The van der Waals surface area contributed by atoms with Gasteiger partial charge in [-0.2, -0.15) is 5.10 Å². The predicted octanol–water partition coefficient (Wildman–Crippen LogP) is 1.32. The summed E-state index contributed by atoms with van der Waals surface area (Å²) >= 11 is 0. The average molecular weight is 412 g/mol. The van der Waals surface area contributed by atoms with Crippen LogP contribution in [0.25, 0.3) is 10.8 Å². The van der Waals surface area contributed by atoms with Crippen LogP contribution in [0.4, 0.5) is 10.1 Å². The minimum atomic E-state index is -0.889. The third-order valence-corrected chi connectivity index (χ3v) is 4.15. The zero-order chi connectivity index (χ0) is 21.7. The molecule has 30 heavy (non-hydrogen) atoms. The quantitative estimate of drug-likeness (QED) is 0.589. The van der Waals surface area contributed by atoms with E-state index in [-0.39, 0.29) is 17.6 Å². The summed E-state index contributed by atoms with van der Waals surface area (Å²) in [4.78, 5) is 49.3. The second kappa shape index (κ2) is 8.95. The molecule has 2 aromatic carbocycles. The minimum Gasteiger partial charge on any atom is -0.451 e. The van der Waals surface area contributed by atoms with Crippen molar-refractivity contribution in [3.63, 3.8) is 0 Å². The lowest BCUT2D eigenvalue weighted by Crippen LogP contribution is -2.37. The number of ether oxygens (including phenoxy) is 1. The van der Waals surface area contributed by atoms with E-state index in [0.717, 1.165) is 4.90 Å². The van der Waals surface area contributed by atoms with Gasteiger partial charge in [-0.05, 0) is 30.3 Å². The molecule has 3 rings (SSSR count). The molecular weight excluding hydrogens is 395 g/mol. The summed E-state index contributed by atoms with van der Waals surface area (Å²) in [5, 5.41) is 8.99. The van der Waals surface area contributed by atoms with Crippen molar-refractivity contribution in [1.82, 2.24) is 15.1 Å². The Hall–Kier alpha value is -4.08. The fourth-order valence-corrected chi connectivity index (χ4v) is 2.61. The Bertz CT molecular complexity index is 1160. The maximum absolute atomic E-state index is 12.9. The number of carbonyl (C=O) groups is 3. The highest BCUT2D eigenvalue weighted by molar-refractivity contribution is 6.02. The lowest BCUT2D eigenvalue weighted by molar-refractivity contribution is -0.136. The molecule has 9 nitrogen and oxygen atoms in total. The highest BCUT2D eigenvalue weighted by Gasteiger charge is 2.19. The third-order valence-electron chi connectivity index (χ3n) is 4.15. The van der Waals surface area contributed by atoms with Crippen LogP contribution in [0.5, 0.6) is 0 Å². The fraction of sp³-hybridized carbons (Fsp3) is 0.150. The van der Waals surface area contributed by atoms with Crippen molar-refractivity contribution in [2.45, 2.75) is 0 Å². The van der Waals surface area contributed by atoms with Gasteiger partial charge < -0.3 is 15.0 Å². The molecule has 3 aromatic rings. The molecule has 0 saturated heterocycles. The number of halogens is 1. The Morgan fingerprint density at radius 1 is 1.10 bits per heavy atom. The number of nitrogens with zero attached hydrogens (tertiary/aromatic N) is 2. The largest absolute Gasteiger partial charge is 0.451 e. The molecule has 0 fully saturated rings. The molecule has 0 aliphatic carbocycles. The van der Waals surface area contributed by atoms with Gasteiger partial charge in [0.2, 0.25) is 5.91 Å². The van der Waals surface area contributed by atoms with Gasteiger partial charge in [0.15, 0.2) is 12.3 Å². The zero-order valence-electron chi connectivity index (χ0n) is 15.8. The number of esters is 1. The van der Waals surface area contributed by atoms with Gasteiger partial charge in [0, 0.05) is 18.1 Å². The standard InChI is InChI=1S/C20H17FN4O5/c1-25(10-16(26)22-13-8-6-12(21)7-9-13)17(27)11-30-20(29)18-14-4-2-3-5-15(14)19(28)24-23-18/h2-9H,10-11H2,1H3,(H,22,26)(H,24,28). The summed E-state index contributed by atoms with van der Waals surface area (Å²) in [6.45, 7) is -0.915. The molecule has 10 heteroatoms. The number of amides is 2. The maximum Gasteiger partial charge on any atom is 0.359 e. The van der Waals surface area contributed by atoms with Gasteiger partial charge in [-0.3, -0.25) is 14.4 Å². The topological polar surface area (TPSA) is 121 Å². The molecule has 0 atom stereocenters. The first-order valence-corrected chi connectivity index (χ1v) is 8.79. The number of aromatic nitrogens is 2. The van der Waals surface area contributed by atoms with E-state index in [1.807, 2.05) is 0 Å². The van der Waals surface area contributed by atoms with Gasteiger partial charge >= 0.3 is 5.97 Å². The van der Waals surface area contributed by atoms with Crippen molar-refractivity contribution in [2.75, 3.05) is 25.5 Å². The second-order valence-corrected chi connectivity index (χ2v) is 6.33. The number of H-pyrrole nitrogens is 1. The SMILES string of the molecule is CN(CC(=O)Nc1ccc(F)cc1)C(=O)COC(=O)c1n[nH]c(=O)c2ccccc12. The number of benzene rings is 2. The molecule has 0 radical (unpaired) electrons. The van der Waals surface area contributed by atoms with Crippen molar-refractivity contribution >= 4 is 34.2 Å². The third kappa shape index (κ3) is 4.85. The number of hydrogen-bond donors (Lipinski definition) is 2. The van der Waals surface area contributed by atoms with Crippen molar-refractivity contribution in [1.29, 1.82) is 0 Å². The van der Waals surface area contributed by atoms with Gasteiger partial charge in [-0.1, -0.05) is 18.2 Å². The predicted molar refractivity (Wildman–Crippen MR) is 105 cm³/mol. The summed E-state index contributed by atoms with van der Waals surface area (Å²) < 4.78 is 17.9. The molecule has 0 bridgehead atoms. The van der Waals surface area contributed by atoms with E-state index in [2.05, 4.69) is 15.5 Å². The molecule has 0 unspecified atom stereocenters. The first-order valence-electron chi connectivity index (χ1n) is 8.79. The van der Waals surface area contributed by atoms with Crippen molar-refractivity contribution in [3.05, 3.63) is 70.4 Å². The van der Waals surface area contributed by atoms with Crippen molar-refractivity contribution < 1.29 is 23.5 Å². The molecule has 1 heterocycles. The number of rotatable bonds is 6. The Balaban J connectivity index is 1.56. The monoisotopic (exact) mass is 412 g/mol. The van der Waals surface area contributed by atoms with Crippen molar-refractivity contribution in [2.24, 2.45) is 0 Å². The number of carbonyl (C=O) groups excluding carboxylic acids is 3. The summed E-state index contributed by atoms with van der Waals surface area (Å²) in [5.74, 6) is -2.45. The van der Waals surface area contributed by atoms with Gasteiger partial charge in [-0.25, -0.2) is 14.3 Å². The fourth-order valence-electron chi connectivity index (χ4n) is 2.61. The molecular formula is C20H17FN4O5. The molecule has 0 aliphatic heterocycles. The van der Waals surface area contributed by atoms with Crippen LogP contribution in [0.2, 0.25) is 0 Å². The molecule has 154 valence electrons. The van der Waals surface area contributed by atoms with E-state index in [1.165, 1.54) is 37.4 Å². The summed E-state index contributed by atoms with van der Waals surface area (Å²) in [6.07, 6.45) is 0. The first kappa shape index (κ1) is 20.6. The van der Waals surface area contributed by atoms with Crippen LogP contribution in [0.15, 0.2) is 53.3 Å². The van der Waals surface area contributed by atoms with E-state index in [4.69, 9.17) is 4.74 Å². The number of hydrogen-bond acceptors (Lipinski definition) is 6. The highest BCUT2D eigenvalue weighted by Crippen LogP contribution is 2.13. The van der Waals surface area contributed by atoms with Gasteiger partial charge in [-0.15, -0.1) is 0 Å². The van der Waals surface area contributed by atoms with Crippen LogP contribution in [0.1, 0.15) is 10.5 Å². The normalized spacial score (nSPS) is 10.5. The van der Waals surface area contributed by atoms with Crippen molar-refractivity contribution in [3.8, 4) is 0 Å². The number of anilines is 1. The number of nitrogens with one attached hydrogen (secondary N) is 2. The van der Waals surface area contributed by atoms with Crippen LogP contribution >= 0.6 is 0 Å². The average Bonchev–Trinajstić information content (AvgIpc) is 2.73. The molecule has 0 aliphatic rings. The highest BCUT2D eigenvalue weighted by atomic mass is 19.1. The molecule has 2 N–H and O–H groups in total. The van der Waals surface area contributed by atoms with Gasteiger partial charge in [0.25, 0.3) is 11.5 Å². The van der Waals surface area contributed by atoms with Crippen LogP contribution in [0.3, 0.4) is 0 Å². The number of fused-ring (bicyclic) bond motifs is 1. The van der Waals surface area contributed by atoms with E-state index < -0.39 is 35.8 Å². The summed E-state index contributed by atoms with van der Waals surface area (Å²) in [6, 6.07) is 11.5. The molecule has 0 spiro atoms. The van der Waals surface area contributed by atoms with Crippen LogP contribution in [0, 0.1) is 5.82 Å². The van der Waals surface area contributed by atoms with Crippen LogP contribution < -0.4 is 10.9 Å². The Morgan fingerprint density at radius 3 is 2.47 bits per heavy atom. The Morgan fingerprint density at radius 2 is 1.77 bits per heavy atom.